The second kappa shape index (κ2) is 11.7. The Morgan fingerprint density at radius 3 is 2.69 bits per heavy atom. The third-order valence-electron chi connectivity index (χ3n) is 6.75. The molecule has 2 aromatic heterocycles. The fraction of sp³-hybridized carbons (Fsp3) is 0.286. The van der Waals surface area contributed by atoms with Gasteiger partial charge < -0.3 is 15.3 Å². The van der Waals surface area contributed by atoms with Crippen molar-refractivity contribution in [3.05, 3.63) is 76.1 Å². The highest BCUT2D eigenvalue weighted by Gasteiger charge is 2.26. The number of benzene rings is 1. The molecule has 2 aliphatic heterocycles. The van der Waals surface area contributed by atoms with E-state index in [1.54, 1.807) is 36.7 Å². The van der Waals surface area contributed by atoms with Crippen LogP contribution in [0.2, 0.25) is 0 Å². The molecule has 11 heteroatoms. The molecule has 5 rings (SSSR count). The summed E-state index contributed by atoms with van der Waals surface area (Å²) in [5, 5.41) is 15.0. The number of carboxylic acid groups (broad SMARTS) is 1. The summed E-state index contributed by atoms with van der Waals surface area (Å²) >= 11 is 0.871. The van der Waals surface area contributed by atoms with Gasteiger partial charge in [-0.2, -0.15) is 0 Å². The molecule has 0 unspecified atom stereocenters. The van der Waals surface area contributed by atoms with E-state index < -0.39 is 11.9 Å². The molecule has 2 fully saturated rings. The van der Waals surface area contributed by atoms with E-state index in [1.807, 2.05) is 25.1 Å². The van der Waals surface area contributed by atoms with Gasteiger partial charge in [-0.25, -0.2) is 14.8 Å². The van der Waals surface area contributed by atoms with Crippen LogP contribution in [0.1, 0.15) is 40.0 Å². The molecule has 200 valence electrons. The Morgan fingerprint density at radius 2 is 1.95 bits per heavy atom. The molecule has 4 heterocycles. The number of piperidine rings is 1. The fourth-order valence-corrected chi connectivity index (χ4v) is 5.36. The van der Waals surface area contributed by atoms with Crippen molar-refractivity contribution in [2.24, 2.45) is 5.92 Å². The SMILES string of the molecule is Cc1ccc(C(=O)O)c(-c2cc(CNCC3CCN(c4nccc(C=C5SC(=O)NC5=O)n4)CC3)ccn2)c1. The molecule has 10 nitrogen and oxygen atoms in total. The van der Waals surface area contributed by atoms with Gasteiger partial charge in [0, 0.05) is 37.6 Å². The number of thioether (sulfide) groups is 1. The lowest BCUT2D eigenvalue weighted by atomic mass is 9.97. The summed E-state index contributed by atoms with van der Waals surface area (Å²) in [7, 11) is 0. The van der Waals surface area contributed by atoms with Crippen LogP contribution in [0.3, 0.4) is 0 Å². The van der Waals surface area contributed by atoms with Gasteiger partial charge in [0.05, 0.1) is 21.9 Å². The number of aromatic carboxylic acids is 1. The van der Waals surface area contributed by atoms with Crippen LogP contribution in [-0.2, 0) is 11.3 Å². The highest BCUT2D eigenvalue weighted by molar-refractivity contribution is 8.18. The van der Waals surface area contributed by atoms with E-state index >= 15 is 0 Å². The summed E-state index contributed by atoms with van der Waals surface area (Å²) in [6, 6.07) is 10.9. The third-order valence-corrected chi connectivity index (χ3v) is 7.56. The molecule has 0 radical (unpaired) electrons. The zero-order valence-corrected chi connectivity index (χ0v) is 22.2. The standard InChI is InChI=1S/C28H28N6O4S/c1-17-2-3-21(26(36)37)22(12-17)23-13-19(4-8-30-23)16-29-15-18-6-10-34(11-7-18)27-31-9-5-20(32-27)14-24-25(35)33-28(38)39-24/h2-5,8-9,12-14,18,29H,6-7,10-11,15-16H2,1H3,(H,36,37)(H,33,35,38). The highest BCUT2D eigenvalue weighted by Crippen LogP contribution is 2.27. The number of amides is 2. The quantitative estimate of drug-likeness (QED) is 0.358. The van der Waals surface area contributed by atoms with Gasteiger partial charge in [-0.15, -0.1) is 0 Å². The molecule has 3 aromatic rings. The molecule has 39 heavy (non-hydrogen) atoms. The van der Waals surface area contributed by atoms with E-state index in [4.69, 9.17) is 0 Å². The minimum atomic E-state index is -0.965. The Morgan fingerprint density at radius 1 is 1.15 bits per heavy atom. The van der Waals surface area contributed by atoms with E-state index in [0.29, 0.717) is 40.3 Å². The van der Waals surface area contributed by atoms with Gasteiger partial charge in [0.2, 0.25) is 5.95 Å². The van der Waals surface area contributed by atoms with Crippen LogP contribution in [0.15, 0.2) is 53.7 Å². The van der Waals surface area contributed by atoms with Gasteiger partial charge in [-0.3, -0.25) is 19.9 Å². The Kier molecular flexibility index (Phi) is 7.99. The Bertz CT molecular complexity index is 1450. The number of aryl methyl sites for hydroxylation is 1. The first-order valence-electron chi connectivity index (χ1n) is 12.7. The van der Waals surface area contributed by atoms with Gasteiger partial charge in [-0.05, 0) is 86.0 Å². The second-order valence-electron chi connectivity index (χ2n) is 9.60. The molecule has 1 aromatic carbocycles. The molecular formula is C28H28N6O4S. The van der Waals surface area contributed by atoms with E-state index in [9.17, 15) is 19.5 Å². The van der Waals surface area contributed by atoms with Crippen molar-refractivity contribution in [2.45, 2.75) is 26.3 Å². The molecule has 2 saturated heterocycles. The maximum absolute atomic E-state index is 11.8. The number of carbonyl (C=O) groups is 3. The minimum Gasteiger partial charge on any atom is -0.478 e. The molecule has 0 spiro atoms. The summed E-state index contributed by atoms with van der Waals surface area (Å²) in [6.07, 6.45) is 6.97. The average Bonchev–Trinajstić information content (AvgIpc) is 3.25. The number of rotatable bonds is 8. The number of nitrogens with zero attached hydrogens (tertiary/aromatic N) is 4. The number of carbonyl (C=O) groups excluding carboxylic acids is 2. The van der Waals surface area contributed by atoms with Crippen LogP contribution in [0, 0.1) is 12.8 Å². The van der Waals surface area contributed by atoms with E-state index in [-0.39, 0.29) is 10.8 Å². The Labute approximate surface area is 230 Å². The molecule has 0 saturated carbocycles. The maximum Gasteiger partial charge on any atom is 0.336 e. The van der Waals surface area contributed by atoms with Gasteiger partial charge in [-0.1, -0.05) is 11.6 Å². The van der Waals surface area contributed by atoms with E-state index in [1.165, 1.54) is 0 Å². The van der Waals surface area contributed by atoms with Crippen LogP contribution in [0.4, 0.5) is 10.7 Å². The summed E-state index contributed by atoms with van der Waals surface area (Å²) in [5.41, 5.74) is 4.14. The van der Waals surface area contributed by atoms with E-state index in [0.717, 1.165) is 55.4 Å². The molecule has 0 atom stereocenters. The lowest BCUT2D eigenvalue weighted by Crippen LogP contribution is -2.38. The van der Waals surface area contributed by atoms with Crippen molar-refractivity contribution in [1.82, 2.24) is 25.6 Å². The zero-order valence-electron chi connectivity index (χ0n) is 21.4. The number of carboxylic acids is 1. The number of pyridine rings is 1. The predicted molar refractivity (Wildman–Crippen MR) is 149 cm³/mol. The monoisotopic (exact) mass is 544 g/mol. The molecule has 3 N–H and O–H groups in total. The third kappa shape index (κ3) is 6.50. The fourth-order valence-electron chi connectivity index (χ4n) is 4.70. The topological polar surface area (TPSA) is 137 Å². The lowest BCUT2D eigenvalue weighted by molar-refractivity contribution is -0.115. The number of anilines is 1. The number of aromatic nitrogens is 3. The van der Waals surface area contributed by atoms with Crippen molar-refractivity contribution in [3.8, 4) is 11.3 Å². The Hall–Kier alpha value is -4.09. The van der Waals surface area contributed by atoms with Crippen LogP contribution in [0.5, 0.6) is 0 Å². The van der Waals surface area contributed by atoms with Gasteiger partial charge >= 0.3 is 5.97 Å². The lowest BCUT2D eigenvalue weighted by Gasteiger charge is -2.32. The van der Waals surface area contributed by atoms with Crippen LogP contribution < -0.4 is 15.5 Å². The maximum atomic E-state index is 11.8. The Balaban J connectivity index is 1.14. The van der Waals surface area contributed by atoms with Crippen molar-refractivity contribution in [1.29, 1.82) is 0 Å². The number of hydrogen-bond donors (Lipinski definition) is 3. The molecule has 0 bridgehead atoms. The molecule has 0 aliphatic carbocycles. The zero-order chi connectivity index (χ0) is 27.4. The smallest absolute Gasteiger partial charge is 0.336 e. The normalized spacial score (nSPS) is 17.1. The first-order chi connectivity index (χ1) is 18.9. The number of hydrogen-bond acceptors (Lipinski definition) is 9. The van der Waals surface area contributed by atoms with Gasteiger partial charge in [0.1, 0.15) is 0 Å². The van der Waals surface area contributed by atoms with Crippen LogP contribution >= 0.6 is 11.8 Å². The van der Waals surface area contributed by atoms with Crippen molar-refractivity contribution < 1.29 is 19.5 Å². The van der Waals surface area contributed by atoms with Crippen molar-refractivity contribution in [2.75, 3.05) is 24.5 Å². The van der Waals surface area contributed by atoms with Gasteiger partial charge in [0.25, 0.3) is 11.1 Å². The highest BCUT2D eigenvalue weighted by atomic mass is 32.2. The number of nitrogens with one attached hydrogen (secondary N) is 2. The first-order valence-corrected chi connectivity index (χ1v) is 13.5. The first kappa shape index (κ1) is 26.5. The van der Waals surface area contributed by atoms with Crippen LogP contribution in [-0.4, -0.2) is 56.8 Å². The minimum absolute atomic E-state index is 0.245. The van der Waals surface area contributed by atoms with Gasteiger partial charge in [0.15, 0.2) is 0 Å². The summed E-state index contributed by atoms with van der Waals surface area (Å²) in [5.74, 6) is -0.242. The predicted octanol–water partition coefficient (Wildman–Crippen LogP) is 3.88. The number of imide groups is 1. The van der Waals surface area contributed by atoms with Crippen molar-refractivity contribution in [3.63, 3.8) is 0 Å². The van der Waals surface area contributed by atoms with Crippen LogP contribution in [0.25, 0.3) is 17.3 Å². The largest absolute Gasteiger partial charge is 0.478 e. The summed E-state index contributed by atoms with van der Waals surface area (Å²) in [6.45, 7) is 5.11. The summed E-state index contributed by atoms with van der Waals surface area (Å²) < 4.78 is 0. The molecule has 2 amide bonds. The molecule has 2 aliphatic rings. The second-order valence-corrected chi connectivity index (χ2v) is 10.6. The van der Waals surface area contributed by atoms with E-state index in [2.05, 4.69) is 30.5 Å². The summed E-state index contributed by atoms with van der Waals surface area (Å²) in [4.78, 5) is 50.8. The molecular weight excluding hydrogens is 516 g/mol. The van der Waals surface area contributed by atoms with Crippen molar-refractivity contribution >= 4 is 40.9 Å². The average molecular weight is 545 g/mol.